The normalized spacial score (nSPS) is 16.7. The Bertz CT molecular complexity index is 559. The average Bonchev–Trinajstić information content (AvgIpc) is 2.70. The van der Waals surface area contributed by atoms with E-state index in [2.05, 4.69) is 29.4 Å². The van der Waals surface area contributed by atoms with Gasteiger partial charge >= 0.3 is 115 Å². The van der Waals surface area contributed by atoms with Crippen LogP contribution >= 0.6 is 19.8 Å². The third-order valence-corrected chi connectivity index (χ3v) is 6.67. The number of carbonyl (C=O) groups is 1. The Hall–Kier alpha value is -1.32. The van der Waals surface area contributed by atoms with Crippen LogP contribution in [0.2, 0.25) is 0 Å². The number of alkyl halides is 3. The molecule has 0 radical (unpaired) electrons. The number of nitrogens with zero attached hydrogens (tertiary/aromatic N) is 1. The molecule has 94 valence electrons. The molecular formula is C15H16INO. The fraction of sp³-hybridized carbons (Fsp3) is 0.200. The summed E-state index contributed by atoms with van der Waals surface area (Å²) in [7, 11) is 0. The van der Waals surface area contributed by atoms with Gasteiger partial charge in [-0.2, -0.15) is 0 Å². The van der Waals surface area contributed by atoms with E-state index in [1.807, 2.05) is 24.4 Å². The average molecular weight is 353 g/mol. The van der Waals surface area contributed by atoms with Crippen molar-refractivity contribution in [3.8, 4) is 0 Å². The molecule has 1 aromatic heterocycles. The number of carbonyl (C=O) groups excluding carboxylic acids is 1. The zero-order chi connectivity index (χ0) is 13.0. The van der Waals surface area contributed by atoms with Crippen LogP contribution in [0, 0.1) is 0 Å². The number of aromatic nitrogens is 1. The van der Waals surface area contributed by atoms with E-state index < -0.39 is 19.8 Å². The number of ketones is 1. The molecule has 0 aliphatic carbocycles. The minimum absolute atomic E-state index is 0.0777. The molecule has 0 spiro atoms. The van der Waals surface area contributed by atoms with Crippen molar-refractivity contribution >= 4 is 31.8 Å². The van der Waals surface area contributed by atoms with Crippen molar-refractivity contribution in [2.75, 3.05) is 13.8 Å². The second kappa shape index (κ2) is 6.03. The predicted molar refractivity (Wildman–Crippen MR) is 85.6 cm³/mol. The van der Waals surface area contributed by atoms with E-state index in [0.29, 0.717) is 5.69 Å². The molecule has 0 bridgehead atoms. The van der Waals surface area contributed by atoms with E-state index in [1.54, 1.807) is 10.8 Å². The number of Topliss-reactive ketones (excluding diaryl/α,β-unsaturated/α-hetero) is 1. The van der Waals surface area contributed by atoms with Gasteiger partial charge in [0.15, 0.2) is 0 Å². The number of hydrogen-bond acceptors (Lipinski definition) is 1. The monoisotopic (exact) mass is 353 g/mol. The first-order valence-corrected chi connectivity index (χ1v) is 10.9. The Morgan fingerprint density at radius 2 is 2.39 bits per heavy atom. The van der Waals surface area contributed by atoms with Crippen LogP contribution in [0.5, 0.6) is 0 Å². The summed E-state index contributed by atoms with van der Waals surface area (Å²) in [5, 5.41) is 0. The Balaban J connectivity index is 2.31. The predicted octanol–water partition coefficient (Wildman–Crippen LogP) is 3.56. The van der Waals surface area contributed by atoms with Gasteiger partial charge in [-0.15, -0.1) is 0 Å². The van der Waals surface area contributed by atoms with E-state index in [4.69, 9.17) is 0 Å². The molecule has 3 heteroatoms. The second-order valence-electron chi connectivity index (χ2n) is 4.06. The standard InChI is InChI=1S/C15H16INO/c1-3-11-17-12-5-7-14(17)15(18)13-6-4-9-16(2)10-8-13/h4-8,11-12H,1,9-10H2,2H3. The van der Waals surface area contributed by atoms with Gasteiger partial charge in [0.2, 0.25) is 0 Å². The van der Waals surface area contributed by atoms with Gasteiger partial charge in [-0.05, 0) is 0 Å². The first kappa shape index (κ1) is 13.1. The van der Waals surface area contributed by atoms with Crippen molar-refractivity contribution in [2.45, 2.75) is 0 Å². The van der Waals surface area contributed by atoms with Gasteiger partial charge in [0.1, 0.15) is 0 Å². The van der Waals surface area contributed by atoms with E-state index in [1.165, 1.54) is 4.43 Å². The van der Waals surface area contributed by atoms with E-state index in [-0.39, 0.29) is 5.78 Å². The Labute approximate surface area is 115 Å². The second-order valence-corrected chi connectivity index (χ2v) is 9.95. The molecule has 0 fully saturated rings. The van der Waals surface area contributed by atoms with Crippen molar-refractivity contribution in [1.82, 2.24) is 4.57 Å². The Morgan fingerprint density at radius 3 is 3.17 bits per heavy atom. The molecule has 0 atom stereocenters. The Morgan fingerprint density at radius 1 is 1.56 bits per heavy atom. The zero-order valence-corrected chi connectivity index (χ0v) is 12.6. The topological polar surface area (TPSA) is 22.0 Å². The summed E-state index contributed by atoms with van der Waals surface area (Å²) < 4.78 is 4.05. The van der Waals surface area contributed by atoms with Crippen LogP contribution in [0.3, 0.4) is 0 Å². The zero-order valence-electron chi connectivity index (χ0n) is 10.4. The summed E-state index contributed by atoms with van der Waals surface area (Å²) in [5.41, 5.74) is 4.17. The van der Waals surface area contributed by atoms with Gasteiger partial charge in [0.25, 0.3) is 0 Å². The van der Waals surface area contributed by atoms with E-state index >= 15 is 0 Å². The van der Waals surface area contributed by atoms with Crippen LogP contribution in [0.25, 0.3) is 6.20 Å². The van der Waals surface area contributed by atoms with Crippen LogP contribution in [0.15, 0.2) is 54.4 Å². The van der Waals surface area contributed by atoms with E-state index in [9.17, 15) is 4.79 Å². The molecule has 18 heavy (non-hydrogen) atoms. The van der Waals surface area contributed by atoms with Crippen molar-refractivity contribution in [1.29, 1.82) is 0 Å². The molecule has 0 unspecified atom stereocenters. The first-order chi connectivity index (χ1) is 8.72. The van der Waals surface area contributed by atoms with Gasteiger partial charge in [-0.3, -0.25) is 0 Å². The van der Waals surface area contributed by atoms with Gasteiger partial charge in [0, 0.05) is 0 Å². The maximum absolute atomic E-state index is 12.4. The van der Waals surface area contributed by atoms with Gasteiger partial charge in [0.05, 0.1) is 0 Å². The molecule has 1 aliphatic heterocycles. The van der Waals surface area contributed by atoms with Crippen molar-refractivity contribution in [3.05, 3.63) is 60.1 Å². The number of hydrogen-bond donors (Lipinski definition) is 0. The molecule has 2 rings (SSSR count). The summed E-state index contributed by atoms with van der Waals surface area (Å²) in [6.07, 6.45) is 9.74. The summed E-state index contributed by atoms with van der Waals surface area (Å²) in [6, 6.07) is 3.69. The fourth-order valence-electron chi connectivity index (χ4n) is 1.78. The number of halogens is 1. The fourth-order valence-corrected chi connectivity index (χ4v) is 4.49. The quantitative estimate of drug-likeness (QED) is 0.353. The first-order valence-electron chi connectivity index (χ1n) is 5.68. The molecule has 1 aromatic rings. The molecule has 1 aliphatic rings. The van der Waals surface area contributed by atoms with Crippen molar-refractivity contribution in [2.24, 2.45) is 0 Å². The molecular weight excluding hydrogens is 337 g/mol. The molecule has 2 nitrogen and oxygen atoms in total. The molecule has 0 saturated heterocycles. The summed E-state index contributed by atoms with van der Waals surface area (Å²) in [4.78, 5) is 14.8. The van der Waals surface area contributed by atoms with Gasteiger partial charge < -0.3 is 0 Å². The molecule has 0 aromatic carbocycles. The third kappa shape index (κ3) is 2.92. The number of allylic oxidation sites excluding steroid dienone is 4. The van der Waals surface area contributed by atoms with Crippen molar-refractivity contribution < 1.29 is 4.79 Å². The summed E-state index contributed by atoms with van der Waals surface area (Å²) in [6.45, 7) is 3.54. The maximum atomic E-state index is 12.4. The van der Waals surface area contributed by atoms with Crippen molar-refractivity contribution in [3.63, 3.8) is 0 Å². The third-order valence-electron chi connectivity index (χ3n) is 2.71. The number of rotatable bonds is 3. The van der Waals surface area contributed by atoms with Crippen LogP contribution in [0.4, 0.5) is 0 Å². The summed E-state index contributed by atoms with van der Waals surface area (Å²) >= 11 is -0.840. The SMILES string of the molecule is C=C=Cn1cccc1C(=O)C1=CCI(C)CC=C1. The molecule has 0 amide bonds. The molecule has 0 saturated carbocycles. The minimum atomic E-state index is -0.840. The van der Waals surface area contributed by atoms with E-state index in [0.717, 1.165) is 10.0 Å². The molecule has 2 heterocycles. The van der Waals surface area contributed by atoms with Crippen LogP contribution in [-0.4, -0.2) is 24.1 Å². The van der Waals surface area contributed by atoms with Gasteiger partial charge in [-0.1, -0.05) is 0 Å². The van der Waals surface area contributed by atoms with Crippen LogP contribution < -0.4 is 0 Å². The van der Waals surface area contributed by atoms with Gasteiger partial charge in [-0.25, -0.2) is 0 Å². The van der Waals surface area contributed by atoms with Crippen LogP contribution in [-0.2, 0) is 0 Å². The van der Waals surface area contributed by atoms with Crippen LogP contribution in [0.1, 0.15) is 10.5 Å². The molecule has 0 N–H and O–H groups in total. The summed E-state index contributed by atoms with van der Waals surface area (Å²) in [5.74, 6) is 0.0777. The Kier molecular flexibility index (Phi) is 4.39.